The highest BCUT2D eigenvalue weighted by atomic mass is 19.4. The topological polar surface area (TPSA) is 90.4 Å². The average molecular weight is 561 g/mol. The van der Waals surface area contributed by atoms with Crippen molar-refractivity contribution in [2.75, 3.05) is 74.6 Å². The Morgan fingerprint density at radius 1 is 1.05 bits per heavy atom. The van der Waals surface area contributed by atoms with E-state index in [0.29, 0.717) is 81.8 Å². The number of carbonyl (C=O) groups excluding carboxylic acids is 2. The maximum absolute atomic E-state index is 15.5. The molecule has 2 aromatic rings. The van der Waals surface area contributed by atoms with Gasteiger partial charge < -0.3 is 24.8 Å². The molecule has 9 nitrogen and oxygen atoms in total. The molecule has 1 N–H and O–H groups in total. The van der Waals surface area contributed by atoms with Gasteiger partial charge in [-0.2, -0.15) is 13.2 Å². The molecule has 0 radical (unpaired) electrons. The van der Waals surface area contributed by atoms with E-state index < -0.39 is 35.3 Å². The third kappa shape index (κ3) is 5.99. The molecule has 1 atom stereocenters. The highest BCUT2D eigenvalue weighted by molar-refractivity contribution is 6.11. The van der Waals surface area contributed by atoms with Gasteiger partial charge in [-0.3, -0.25) is 9.59 Å². The lowest BCUT2D eigenvalue weighted by Crippen LogP contribution is -2.45. The normalized spacial score (nSPS) is 20.5. The summed E-state index contributed by atoms with van der Waals surface area (Å²) in [6, 6.07) is 6.17. The van der Waals surface area contributed by atoms with E-state index in [-0.39, 0.29) is 11.3 Å². The number of aliphatic imine (C=N–C) groups is 1. The number of halogens is 4. The summed E-state index contributed by atoms with van der Waals surface area (Å²) < 4.78 is 61.8. The first kappa shape index (κ1) is 27.7. The quantitative estimate of drug-likeness (QED) is 0.562. The van der Waals surface area contributed by atoms with Crippen molar-refractivity contribution in [2.45, 2.75) is 6.18 Å². The Kier molecular flexibility index (Phi) is 7.86. The van der Waals surface area contributed by atoms with E-state index in [2.05, 4.69) is 20.2 Å². The summed E-state index contributed by atoms with van der Waals surface area (Å²) >= 11 is 0. The Morgan fingerprint density at radius 3 is 2.42 bits per heavy atom. The van der Waals surface area contributed by atoms with Crippen LogP contribution in [0.15, 0.2) is 47.1 Å². The molecule has 1 aromatic carbocycles. The van der Waals surface area contributed by atoms with E-state index in [4.69, 9.17) is 4.74 Å². The van der Waals surface area contributed by atoms with Gasteiger partial charge in [-0.15, -0.1) is 0 Å². The van der Waals surface area contributed by atoms with Gasteiger partial charge in [0.2, 0.25) is 5.91 Å². The van der Waals surface area contributed by atoms with Crippen molar-refractivity contribution in [3.8, 4) is 11.1 Å². The smallest absolute Gasteiger partial charge is 0.378 e. The lowest BCUT2D eigenvalue weighted by Gasteiger charge is -2.35. The molecule has 2 saturated heterocycles. The Balaban J connectivity index is 1.48. The third-order valence-electron chi connectivity index (χ3n) is 7.16. The number of amides is 2. The number of dihydropyridines is 1. The Bertz CT molecular complexity index is 1330. The van der Waals surface area contributed by atoms with Crippen molar-refractivity contribution in [1.29, 1.82) is 0 Å². The number of morpholine rings is 1. The van der Waals surface area contributed by atoms with Gasteiger partial charge in [-0.05, 0) is 31.3 Å². The Morgan fingerprint density at radius 2 is 1.77 bits per heavy atom. The number of hydrogen-bond acceptors (Lipinski definition) is 7. The van der Waals surface area contributed by atoms with Crippen LogP contribution in [0.25, 0.3) is 11.1 Å². The van der Waals surface area contributed by atoms with E-state index in [1.165, 1.54) is 18.3 Å². The molecule has 2 fully saturated rings. The van der Waals surface area contributed by atoms with Crippen LogP contribution in [0.4, 0.5) is 34.8 Å². The first-order chi connectivity index (χ1) is 19.1. The Labute approximate surface area is 228 Å². The van der Waals surface area contributed by atoms with Crippen LogP contribution in [-0.4, -0.2) is 93.6 Å². The predicted molar refractivity (Wildman–Crippen MR) is 142 cm³/mol. The summed E-state index contributed by atoms with van der Waals surface area (Å²) in [5.41, 5.74) is -0.239. The predicted octanol–water partition coefficient (Wildman–Crippen LogP) is 3.13. The van der Waals surface area contributed by atoms with Crippen LogP contribution in [0.1, 0.15) is 0 Å². The van der Waals surface area contributed by atoms with Gasteiger partial charge in [0.25, 0.3) is 5.91 Å². The average Bonchev–Trinajstić information content (AvgIpc) is 2.94. The number of nitrogens with one attached hydrogen (secondary N) is 1. The minimum atomic E-state index is -4.91. The summed E-state index contributed by atoms with van der Waals surface area (Å²) in [5, 5.41) is 2.56. The SMILES string of the molecule is CN1CCN(c2cc(F)c(-c3ccc(N4CCOCC4)nc3)cc2NC(=O)C2C=NC(=O)C=C2C(F)(F)F)CC1. The number of rotatable bonds is 5. The van der Waals surface area contributed by atoms with Gasteiger partial charge in [0.15, 0.2) is 0 Å². The molecule has 40 heavy (non-hydrogen) atoms. The van der Waals surface area contributed by atoms with Crippen molar-refractivity contribution in [2.24, 2.45) is 10.9 Å². The lowest BCUT2D eigenvalue weighted by molar-refractivity contribution is -0.124. The van der Waals surface area contributed by atoms with E-state index >= 15 is 4.39 Å². The van der Waals surface area contributed by atoms with E-state index in [9.17, 15) is 22.8 Å². The fourth-order valence-corrected chi connectivity index (χ4v) is 4.88. The highest BCUT2D eigenvalue weighted by Gasteiger charge is 2.43. The zero-order valence-electron chi connectivity index (χ0n) is 21.7. The number of pyridine rings is 1. The Hall–Kier alpha value is -3.84. The summed E-state index contributed by atoms with van der Waals surface area (Å²) in [4.78, 5) is 38.6. The molecule has 0 saturated carbocycles. The molecule has 3 aliphatic rings. The maximum Gasteiger partial charge on any atom is 0.414 e. The van der Waals surface area contributed by atoms with Gasteiger partial charge in [0, 0.05) is 68.9 Å². The molecule has 2 amide bonds. The maximum atomic E-state index is 15.5. The van der Waals surface area contributed by atoms with E-state index in [1.54, 1.807) is 12.1 Å². The number of benzene rings is 1. The fraction of sp³-hybridized carbons (Fsp3) is 0.407. The van der Waals surface area contributed by atoms with Crippen LogP contribution < -0.4 is 15.1 Å². The van der Waals surface area contributed by atoms with Gasteiger partial charge in [-0.1, -0.05) is 0 Å². The number of piperazine rings is 1. The first-order valence-corrected chi connectivity index (χ1v) is 12.8. The van der Waals surface area contributed by atoms with Crippen LogP contribution in [0.5, 0.6) is 0 Å². The lowest BCUT2D eigenvalue weighted by atomic mass is 9.95. The van der Waals surface area contributed by atoms with Gasteiger partial charge in [-0.25, -0.2) is 14.4 Å². The van der Waals surface area contributed by atoms with Crippen molar-refractivity contribution in [3.63, 3.8) is 0 Å². The van der Waals surface area contributed by atoms with Crippen molar-refractivity contribution in [3.05, 3.63) is 47.9 Å². The van der Waals surface area contributed by atoms with E-state index in [1.807, 2.05) is 16.8 Å². The number of alkyl halides is 3. The first-order valence-electron chi connectivity index (χ1n) is 12.8. The second kappa shape index (κ2) is 11.3. The fourth-order valence-electron chi connectivity index (χ4n) is 4.88. The second-order valence-electron chi connectivity index (χ2n) is 9.82. The molecule has 5 rings (SSSR count). The number of anilines is 3. The number of ether oxygens (including phenoxy) is 1. The van der Waals surface area contributed by atoms with Crippen molar-refractivity contribution in [1.82, 2.24) is 9.88 Å². The minimum absolute atomic E-state index is 0.133. The molecular formula is C27H28F4N6O3. The zero-order valence-corrected chi connectivity index (χ0v) is 21.7. The van der Waals surface area contributed by atoms with Crippen molar-refractivity contribution >= 4 is 35.2 Å². The van der Waals surface area contributed by atoms with E-state index in [0.717, 1.165) is 0 Å². The monoisotopic (exact) mass is 560 g/mol. The minimum Gasteiger partial charge on any atom is -0.378 e. The molecule has 3 aliphatic heterocycles. The molecule has 0 aliphatic carbocycles. The molecular weight excluding hydrogens is 532 g/mol. The molecule has 1 unspecified atom stereocenters. The molecule has 212 valence electrons. The molecule has 0 spiro atoms. The molecule has 0 bridgehead atoms. The molecule has 13 heteroatoms. The van der Waals surface area contributed by atoms with Crippen LogP contribution >= 0.6 is 0 Å². The summed E-state index contributed by atoms with van der Waals surface area (Å²) in [5.74, 6) is -3.80. The highest BCUT2D eigenvalue weighted by Crippen LogP contribution is 2.37. The summed E-state index contributed by atoms with van der Waals surface area (Å²) in [6.07, 6.45) is -2.38. The zero-order chi connectivity index (χ0) is 28.4. The van der Waals surface area contributed by atoms with Crippen LogP contribution in [0.2, 0.25) is 0 Å². The number of hydrogen-bond donors (Lipinski definition) is 1. The molecule has 4 heterocycles. The van der Waals surface area contributed by atoms with Gasteiger partial charge in [0.05, 0.1) is 30.2 Å². The van der Waals surface area contributed by atoms with Crippen LogP contribution in [0, 0.1) is 11.7 Å². The summed E-state index contributed by atoms with van der Waals surface area (Å²) in [6.45, 7) is 4.95. The van der Waals surface area contributed by atoms with Crippen LogP contribution in [0.3, 0.4) is 0 Å². The number of likely N-dealkylation sites (N-methyl/N-ethyl adjacent to an activating group) is 1. The van der Waals surface area contributed by atoms with Crippen LogP contribution in [-0.2, 0) is 14.3 Å². The second-order valence-corrected chi connectivity index (χ2v) is 9.82. The number of nitrogens with zero attached hydrogens (tertiary/aromatic N) is 5. The number of aromatic nitrogens is 1. The molecule has 1 aromatic heterocycles. The summed E-state index contributed by atoms with van der Waals surface area (Å²) in [7, 11) is 1.95. The largest absolute Gasteiger partial charge is 0.414 e. The standard InChI is InChI=1S/C27H28F4N6O3/c1-35-4-6-36(7-5-35)23-14-21(28)18(17-2-3-24(32-15-17)37-8-10-40-11-9-37)12-22(23)34-26(39)19-16-33-25(38)13-20(19)27(29,30)31/h2-3,12-16,19H,4-11H2,1H3,(H,34,39). The van der Waals surface area contributed by atoms with Crippen molar-refractivity contribution < 1.29 is 31.9 Å². The van der Waals surface area contributed by atoms with Gasteiger partial charge in [0.1, 0.15) is 17.6 Å². The van der Waals surface area contributed by atoms with Gasteiger partial charge >= 0.3 is 6.18 Å². The third-order valence-corrected chi connectivity index (χ3v) is 7.16. The number of carbonyl (C=O) groups is 2.